The molecule has 0 bridgehead atoms. The van der Waals surface area contributed by atoms with Crippen LogP contribution >= 0.6 is 11.8 Å². The van der Waals surface area contributed by atoms with Crippen LogP contribution in [0.5, 0.6) is 0 Å². The Labute approximate surface area is 130 Å². The van der Waals surface area contributed by atoms with Crippen LogP contribution < -0.4 is 0 Å². The minimum Gasteiger partial charge on any atom is -0.388 e. The van der Waals surface area contributed by atoms with E-state index in [1.54, 1.807) is 0 Å². The SMILES string of the molecule is OCc1nnc(SCC(O)c2ccc(F)cc2F)n1C1CC1. The lowest BCUT2D eigenvalue weighted by Crippen LogP contribution is -2.07. The average molecular weight is 327 g/mol. The van der Waals surface area contributed by atoms with Crippen molar-refractivity contribution >= 4 is 11.8 Å². The van der Waals surface area contributed by atoms with Crippen molar-refractivity contribution in [3.05, 3.63) is 41.2 Å². The molecule has 22 heavy (non-hydrogen) atoms. The highest BCUT2D eigenvalue weighted by molar-refractivity contribution is 7.99. The van der Waals surface area contributed by atoms with Gasteiger partial charge in [0.1, 0.15) is 18.2 Å². The van der Waals surface area contributed by atoms with E-state index < -0.39 is 17.7 Å². The van der Waals surface area contributed by atoms with Crippen LogP contribution in [-0.2, 0) is 6.61 Å². The van der Waals surface area contributed by atoms with Crippen LogP contribution in [0.2, 0.25) is 0 Å². The maximum Gasteiger partial charge on any atom is 0.191 e. The Morgan fingerprint density at radius 2 is 2.09 bits per heavy atom. The quantitative estimate of drug-likeness (QED) is 0.796. The Morgan fingerprint density at radius 3 is 2.73 bits per heavy atom. The Hall–Kier alpha value is -1.51. The summed E-state index contributed by atoms with van der Waals surface area (Å²) in [6, 6.07) is 3.39. The normalized spacial score (nSPS) is 16.0. The van der Waals surface area contributed by atoms with Gasteiger partial charge in [-0.1, -0.05) is 17.8 Å². The van der Waals surface area contributed by atoms with Crippen LogP contribution in [0.25, 0.3) is 0 Å². The van der Waals surface area contributed by atoms with Crippen molar-refractivity contribution in [2.45, 2.75) is 36.8 Å². The zero-order valence-electron chi connectivity index (χ0n) is 11.6. The number of benzene rings is 1. The molecule has 118 valence electrons. The van der Waals surface area contributed by atoms with Gasteiger partial charge in [-0.2, -0.15) is 0 Å². The maximum atomic E-state index is 13.6. The second-order valence-electron chi connectivity index (χ2n) is 5.15. The van der Waals surface area contributed by atoms with Gasteiger partial charge in [-0.05, 0) is 18.9 Å². The molecule has 0 saturated heterocycles. The molecule has 2 aromatic rings. The van der Waals surface area contributed by atoms with E-state index in [0.29, 0.717) is 17.0 Å². The van der Waals surface area contributed by atoms with Gasteiger partial charge in [-0.15, -0.1) is 10.2 Å². The first-order valence-corrected chi connectivity index (χ1v) is 7.89. The van der Waals surface area contributed by atoms with Crippen molar-refractivity contribution in [2.75, 3.05) is 5.75 Å². The molecule has 0 radical (unpaired) electrons. The number of rotatable bonds is 6. The monoisotopic (exact) mass is 327 g/mol. The molecule has 1 heterocycles. The van der Waals surface area contributed by atoms with Gasteiger partial charge < -0.3 is 14.8 Å². The molecule has 5 nitrogen and oxygen atoms in total. The summed E-state index contributed by atoms with van der Waals surface area (Å²) < 4.78 is 28.4. The second-order valence-corrected chi connectivity index (χ2v) is 6.14. The van der Waals surface area contributed by atoms with Crippen LogP contribution in [-0.4, -0.2) is 30.7 Å². The minimum atomic E-state index is -1.08. The number of aliphatic hydroxyl groups is 2. The number of thioether (sulfide) groups is 1. The fourth-order valence-electron chi connectivity index (χ4n) is 2.23. The van der Waals surface area contributed by atoms with Gasteiger partial charge in [0.2, 0.25) is 0 Å². The van der Waals surface area contributed by atoms with Gasteiger partial charge in [0.25, 0.3) is 0 Å². The predicted octanol–water partition coefficient (Wildman–Crippen LogP) is 2.21. The molecule has 0 amide bonds. The number of aliphatic hydroxyl groups excluding tert-OH is 2. The van der Waals surface area contributed by atoms with Gasteiger partial charge in [-0.3, -0.25) is 0 Å². The number of aromatic nitrogens is 3. The number of hydrogen-bond donors (Lipinski definition) is 2. The molecule has 1 fully saturated rings. The first-order valence-electron chi connectivity index (χ1n) is 6.90. The number of nitrogens with zero attached hydrogens (tertiary/aromatic N) is 3. The summed E-state index contributed by atoms with van der Waals surface area (Å²) in [6.45, 7) is -0.195. The molecule has 1 aromatic carbocycles. The van der Waals surface area contributed by atoms with Gasteiger partial charge >= 0.3 is 0 Å². The Balaban J connectivity index is 1.71. The molecule has 3 rings (SSSR count). The summed E-state index contributed by atoms with van der Waals surface area (Å²) in [5.74, 6) is -0.791. The summed E-state index contributed by atoms with van der Waals surface area (Å²) in [5, 5.41) is 27.8. The number of hydrogen-bond acceptors (Lipinski definition) is 5. The molecule has 1 aromatic heterocycles. The van der Waals surface area contributed by atoms with Gasteiger partial charge in [-0.25, -0.2) is 8.78 Å². The minimum absolute atomic E-state index is 0.0498. The standard InChI is InChI=1S/C14H15F2N3O2S/c15-8-1-4-10(11(16)5-8)12(21)7-22-14-18-17-13(6-20)19(14)9-2-3-9/h1,4-5,9,12,20-21H,2-3,6-7H2. The third kappa shape index (κ3) is 3.13. The van der Waals surface area contributed by atoms with E-state index in [4.69, 9.17) is 0 Å². The first kappa shape index (κ1) is 15.4. The maximum absolute atomic E-state index is 13.6. The third-order valence-corrected chi connectivity index (χ3v) is 4.50. The Kier molecular flexibility index (Phi) is 4.42. The molecule has 1 unspecified atom stereocenters. The molecule has 1 aliphatic rings. The average Bonchev–Trinajstić information content (AvgIpc) is 3.24. The predicted molar refractivity (Wildman–Crippen MR) is 76.3 cm³/mol. The lowest BCUT2D eigenvalue weighted by Gasteiger charge is -2.12. The molecule has 8 heteroatoms. The highest BCUT2D eigenvalue weighted by atomic mass is 32.2. The van der Waals surface area contributed by atoms with E-state index in [2.05, 4.69) is 10.2 Å². The van der Waals surface area contributed by atoms with Gasteiger partial charge in [0.05, 0.1) is 6.10 Å². The molecule has 0 spiro atoms. The lowest BCUT2D eigenvalue weighted by atomic mass is 10.1. The van der Waals surface area contributed by atoms with E-state index in [-0.39, 0.29) is 17.9 Å². The zero-order valence-corrected chi connectivity index (χ0v) is 12.4. The fraction of sp³-hybridized carbons (Fsp3) is 0.429. The van der Waals surface area contributed by atoms with E-state index in [1.165, 1.54) is 17.8 Å². The largest absolute Gasteiger partial charge is 0.388 e. The smallest absolute Gasteiger partial charge is 0.191 e. The van der Waals surface area contributed by atoms with Gasteiger partial charge in [0.15, 0.2) is 11.0 Å². The van der Waals surface area contributed by atoms with Crippen LogP contribution in [0, 0.1) is 11.6 Å². The van der Waals surface area contributed by atoms with Crippen molar-refractivity contribution in [1.82, 2.24) is 14.8 Å². The van der Waals surface area contributed by atoms with E-state index in [0.717, 1.165) is 25.0 Å². The molecular formula is C14H15F2N3O2S. The van der Waals surface area contributed by atoms with Crippen LogP contribution in [0.15, 0.2) is 23.4 Å². The molecule has 1 saturated carbocycles. The third-order valence-electron chi connectivity index (χ3n) is 3.48. The molecule has 1 atom stereocenters. The summed E-state index contributed by atoms with van der Waals surface area (Å²) in [7, 11) is 0. The highest BCUT2D eigenvalue weighted by Crippen LogP contribution is 2.39. The molecule has 1 aliphatic carbocycles. The van der Waals surface area contributed by atoms with Crippen LogP contribution in [0.4, 0.5) is 8.78 Å². The van der Waals surface area contributed by atoms with Crippen molar-refractivity contribution in [1.29, 1.82) is 0 Å². The molecular weight excluding hydrogens is 312 g/mol. The highest BCUT2D eigenvalue weighted by Gasteiger charge is 2.29. The van der Waals surface area contributed by atoms with Crippen LogP contribution in [0.3, 0.4) is 0 Å². The topological polar surface area (TPSA) is 71.2 Å². The summed E-state index contributed by atoms with van der Waals surface area (Å²) in [4.78, 5) is 0. The first-order chi connectivity index (χ1) is 10.6. The van der Waals surface area contributed by atoms with Gasteiger partial charge in [0, 0.05) is 23.4 Å². The van der Waals surface area contributed by atoms with Crippen molar-refractivity contribution in [3.63, 3.8) is 0 Å². The number of halogens is 2. The van der Waals surface area contributed by atoms with E-state index in [1.807, 2.05) is 4.57 Å². The Bertz CT molecular complexity index is 676. The Morgan fingerprint density at radius 1 is 1.32 bits per heavy atom. The van der Waals surface area contributed by atoms with E-state index >= 15 is 0 Å². The second kappa shape index (κ2) is 6.31. The van der Waals surface area contributed by atoms with Crippen molar-refractivity contribution in [2.24, 2.45) is 0 Å². The summed E-state index contributed by atoms with van der Waals surface area (Å²) >= 11 is 1.24. The van der Waals surface area contributed by atoms with Crippen molar-refractivity contribution in [3.8, 4) is 0 Å². The summed E-state index contributed by atoms with van der Waals surface area (Å²) in [6.07, 6.45) is 0.939. The van der Waals surface area contributed by atoms with Crippen LogP contribution in [0.1, 0.15) is 36.4 Å². The summed E-state index contributed by atoms with van der Waals surface area (Å²) in [5.41, 5.74) is 0.0498. The zero-order chi connectivity index (χ0) is 15.7. The lowest BCUT2D eigenvalue weighted by molar-refractivity contribution is 0.198. The van der Waals surface area contributed by atoms with Crippen molar-refractivity contribution < 1.29 is 19.0 Å². The van der Waals surface area contributed by atoms with E-state index in [9.17, 15) is 19.0 Å². The molecule has 0 aliphatic heterocycles. The molecule has 2 N–H and O–H groups in total. The fourth-order valence-corrected chi connectivity index (χ4v) is 3.21.